The van der Waals surface area contributed by atoms with Crippen LogP contribution in [0.25, 0.3) is 0 Å². The quantitative estimate of drug-likeness (QED) is 0.902. The summed E-state index contributed by atoms with van der Waals surface area (Å²) in [6, 6.07) is 11.2. The predicted octanol–water partition coefficient (Wildman–Crippen LogP) is 3.07. The molecule has 6 heteroatoms. The van der Waals surface area contributed by atoms with Crippen LogP contribution in [0.2, 0.25) is 0 Å². The summed E-state index contributed by atoms with van der Waals surface area (Å²) in [5.41, 5.74) is 0.579. The Morgan fingerprint density at radius 2 is 1.70 bits per heavy atom. The molecule has 0 spiro atoms. The summed E-state index contributed by atoms with van der Waals surface area (Å²) in [7, 11) is 0. The molecule has 1 aromatic carbocycles. The molecule has 1 aliphatic carbocycles. The number of anilines is 2. The van der Waals surface area contributed by atoms with E-state index in [1.54, 1.807) is 18.2 Å². The van der Waals surface area contributed by atoms with Gasteiger partial charge in [-0.15, -0.1) is 10.2 Å². The van der Waals surface area contributed by atoms with E-state index in [9.17, 15) is 4.79 Å². The predicted molar refractivity (Wildman–Crippen MR) is 80.8 cm³/mol. The number of benzene rings is 1. The lowest BCUT2D eigenvalue weighted by Crippen LogP contribution is -2.13. The molecule has 1 aliphatic rings. The fourth-order valence-electron chi connectivity index (χ4n) is 1.70. The Morgan fingerprint density at radius 1 is 1.05 bits per heavy atom. The second-order valence-corrected chi connectivity index (χ2v) is 5.60. The van der Waals surface area contributed by atoms with Gasteiger partial charge in [0.15, 0.2) is 5.82 Å². The van der Waals surface area contributed by atoms with E-state index >= 15 is 0 Å². The van der Waals surface area contributed by atoms with Crippen LogP contribution >= 0.6 is 15.9 Å². The summed E-state index contributed by atoms with van der Waals surface area (Å²) in [6.07, 6.45) is 2.37. The van der Waals surface area contributed by atoms with Gasteiger partial charge in [-0.25, -0.2) is 0 Å². The number of carbonyl (C=O) groups is 1. The first-order valence-electron chi connectivity index (χ1n) is 6.38. The van der Waals surface area contributed by atoms with E-state index in [-0.39, 0.29) is 5.91 Å². The van der Waals surface area contributed by atoms with Crippen LogP contribution in [0.15, 0.2) is 40.9 Å². The molecule has 0 aliphatic heterocycles. The van der Waals surface area contributed by atoms with Gasteiger partial charge in [0, 0.05) is 16.1 Å². The van der Waals surface area contributed by atoms with Gasteiger partial charge in [0.1, 0.15) is 5.82 Å². The molecule has 1 heterocycles. The van der Waals surface area contributed by atoms with Crippen molar-refractivity contribution in [3.8, 4) is 0 Å². The zero-order valence-electron chi connectivity index (χ0n) is 10.6. The fourth-order valence-corrected chi connectivity index (χ4v) is 1.97. The van der Waals surface area contributed by atoms with Gasteiger partial charge in [-0.3, -0.25) is 4.79 Å². The normalized spacial score (nSPS) is 13.8. The number of nitrogens with zero attached hydrogens (tertiary/aromatic N) is 2. The van der Waals surface area contributed by atoms with Gasteiger partial charge >= 0.3 is 0 Å². The van der Waals surface area contributed by atoms with Crippen LogP contribution in [-0.2, 0) is 0 Å². The van der Waals surface area contributed by atoms with Crippen LogP contribution in [0.4, 0.5) is 11.6 Å². The molecule has 1 saturated carbocycles. The monoisotopic (exact) mass is 332 g/mol. The molecule has 0 radical (unpaired) electrons. The van der Waals surface area contributed by atoms with E-state index in [2.05, 4.69) is 36.8 Å². The molecule has 2 N–H and O–H groups in total. The molecule has 0 saturated heterocycles. The molecule has 3 rings (SSSR count). The molecular formula is C14H13BrN4O. The maximum atomic E-state index is 12.0. The van der Waals surface area contributed by atoms with Gasteiger partial charge in [-0.2, -0.15) is 0 Å². The smallest absolute Gasteiger partial charge is 0.256 e. The van der Waals surface area contributed by atoms with Crippen LogP contribution < -0.4 is 10.6 Å². The molecule has 1 fully saturated rings. The Kier molecular flexibility index (Phi) is 3.64. The topological polar surface area (TPSA) is 66.9 Å². The minimum atomic E-state index is -0.199. The van der Waals surface area contributed by atoms with E-state index in [0.29, 0.717) is 17.4 Å². The van der Waals surface area contributed by atoms with E-state index in [0.717, 1.165) is 10.3 Å². The van der Waals surface area contributed by atoms with Crippen LogP contribution in [0.3, 0.4) is 0 Å². The SMILES string of the molecule is O=C(Nc1ccc(NC2CC2)nn1)c1ccc(Br)cc1. The lowest BCUT2D eigenvalue weighted by atomic mass is 10.2. The lowest BCUT2D eigenvalue weighted by Gasteiger charge is -2.06. The molecule has 0 atom stereocenters. The number of hydrogen-bond acceptors (Lipinski definition) is 4. The maximum Gasteiger partial charge on any atom is 0.256 e. The van der Waals surface area contributed by atoms with Gasteiger partial charge in [-0.05, 0) is 49.2 Å². The van der Waals surface area contributed by atoms with Gasteiger partial charge in [0.05, 0.1) is 0 Å². The number of rotatable bonds is 4. The van der Waals surface area contributed by atoms with Crippen molar-refractivity contribution in [2.24, 2.45) is 0 Å². The van der Waals surface area contributed by atoms with Crippen molar-refractivity contribution in [2.75, 3.05) is 10.6 Å². The molecule has 102 valence electrons. The first-order chi connectivity index (χ1) is 9.70. The minimum absolute atomic E-state index is 0.199. The molecule has 1 aromatic heterocycles. The second kappa shape index (κ2) is 5.58. The van der Waals surface area contributed by atoms with E-state index < -0.39 is 0 Å². The third-order valence-corrected chi connectivity index (χ3v) is 3.47. The Labute approximate surface area is 124 Å². The highest BCUT2D eigenvalue weighted by Gasteiger charge is 2.21. The standard InChI is InChI=1S/C14H13BrN4O/c15-10-3-1-9(2-4-10)14(20)17-13-8-7-12(18-19-13)16-11-5-6-11/h1-4,7-8,11H,5-6H2,(H,16,18)(H,17,19,20). The molecule has 20 heavy (non-hydrogen) atoms. The molecule has 2 aromatic rings. The summed E-state index contributed by atoms with van der Waals surface area (Å²) in [5.74, 6) is 0.989. The number of aromatic nitrogens is 2. The van der Waals surface area contributed by atoms with E-state index in [1.807, 2.05) is 18.2 Å². The Bertz CT molecular complexity index is 608. The number of halogens is 1. The zero-order chi connectivity index (χ0) is 13.9. The molecular weight excluding hydrogens is 320 g/mol. The Hall–Kier alpha value is -1.95. The van der Waals surface area contributed by atoms with Crippen molar-refractivity contribution in [1.82, 2.24) is 10.2 Å². The van der Waals surface area contributed by atoms with Crippen LogP contribution in [0.5, 0.6) is 0 Å². The second-order valence-electron chi connectivity index (χ2n) is 4.68. The average molecular weight is 333 g/mol. The minimum Gasteiger partial charge on any atom is -0.366 e. The van der Waals surface area contributed by atoms with Crippen molar-refractivity contribution in [3.63, 3.8) is 0 Å². The van der Waals surface area contributed by atoms with Crippen LogP contribution in [0, 0.1) is 0 Å². The van der Waals surface area contributed by atoms with Crippen molar-refractivity contribution < 1.29 is 4.79 Å². The largest absolute Gasteiger partial charge is 0.366 e. The average Bonchev–Trinajstić information content (AvgIpc) is 3.26. The van der Waals surface area contributed by atoms with Gasteiger partial charge < -0.3 is 10.6 Å². The number of hydrogen-bond donors (Lipinski definition) is 2. The first kappa shape index (κ1) is 13.1. The summed E-state index contributed by atoms with van der Waals surface area (Å²) in [6.45, 7) is 0. The van der Waals surface area contributed by atoms with Gasteiger partial charge in [-0.1, -0.05) is 15.9 Å². The Morgan fingerprint density at radius 3 is 2.30 bits per heavy atom. The fraction of sp³-hybridized carbons (Fsp3) is 0.214. The Balaban J connectivity index is 1.64. The molecule has 0 bridgehead atoms. The first-order valence-corrected chi connectivity index (χ1v) is 7.17. The zero-order valence-corrected chi connectivity index (χ0v) is 12.2. The van der Waals surface area contributed by atoms with Crippen molar-refractivity contribution in [3.05, 3.63) is 46.4 Å². The summed E-state index contributed by atoms with van der Waals surface area (Å²) >= 11 is 3.33. The molecule has 5 nitrogen and oxygen atoms in total. The lowest BCUT2D eigenvalue weighted by molar-refractivity contribution is 0.102. The van der Waals surface area contributed by atoms with E-state index in [4.69, 9.17) is 0 Å². The third-order valence-electron chi connectivity index (χ3n) is 2.94. The van der Waals surface area contributed by atoms with Crippen LogP contribution in [-0.4, -0.2) is 22.1 Å². The summed E-state index contributed by atoms with van der Waals surface area (Å²) in [4.78, 5) is 12.0. The van der Waals surface area contributed by atoms with Crippen molar-refractivity contribution >= 4 is 33.5 Å². The highest BCUT2D eigenvalue weighted by Crippen LogP contribution is 2.23. The summed E-state index contributed by atoms with van der Waals surface area (Å²) in [5, 5.41) is 14.0. The van der Waals surface area contributed by atoms with Crippen molar-refractivity contribution in [1.29, 1.82) is 0 Å². The molecule has 0 unspecified atom stereocenters. The number of amides is 1. The molecule has 1 amide bonds. The van der Waals surface area contributed by atoms with Crippen molar-refractivity contribution in [2.45, 2.75) is 18.9 Å². The van der Waals surface area contributed by atoms with Crippen LogP contribution in [0.1, 0.15) is 23.2 Å². The number of carbonyl (C=O) groups excluding carboxylic acids is 1. The van der Waals surface area contributed by atoms with Gasteiger partial charge in [0.2, 0.25) is 0 Å². The number of nitrogens with one attached hydrogen (secondary N) is 2. The van der Waals surface area contributed by atoms with Gasteiger partial charge in [0.25, 0.3) is 5.91 Å². The summed E-state index contributed by atoms with van der Waals surface area (Å²) < 4.78 is 0.935. The van der Waals surface area contributed by atoms with E-state index in [1.165, 1.54) is 12.8 Å². The highest BCUT2D eigenvalue weighted by molar-refractivity contribution is 9.10. The maximum absolute atomic E-state index is 12.0. The highest BCUT2D eigenvalue weighted by atomic mass is 79.9. The third kappa shape index (κ3) is 3.33.